The van der Waals surface area contributed by atoms with Crippen LogP contribution in [-0.4, -0.2) is 106 Å². The number of aromatic hydroxyl groups is 1. The number of carbonyl (C=O) groups is 8. The van der Waals surface area contributed by atoms with Crippen molar-refractivity contribution in [3.8, 4) is 5.75 Å². The molecule has 18 heteroatoms. The lowest BCUT2D eigenvalue weighted by molar-refractivity contribution is -0.158. The highest BCUT2D eigenvalue weighted by atomic mass is 16.5. The van der Waals surface area contributed by atoms with E-state index in [9.17, 15) is 48.6 Å². The van der Waals surface area contributed by atoms with E-state index in [2.05, 4.69) is 38.8 Å². The Morgan fingerprint density at radius 1 is 0.710 bits per heavy atom. The summed E-state index contributed by atoms with van der Waals surface area (Å²) in [4.78, 5) is 107. The molecule has 2 rings (SSSR count). The lowest BCUT2D eigenvalue weighted by Crippen LogP contribution is -2.60. The molecular weight excluding hydrogens is 803 g/mol. The van der Waals surface area contributed by atoms with Crippen LogP contribution in [0.5, 0.6) is 5.75 Å². The summed E-state index contributed by atoms with van der Waals surface area (Å²) in [5.74, 6) is -7.54. The number of benzene rings is 1. The molecule has 0 radical (unpaired) electrons. The van der Waals surface area contributed by atoms with Gasteiger partial charge in [0.15, 0.2) is 0 Å². The second-order valence-corrected chi connectivity index (χ2v) is 16.9. The first-order valence-corrected chi connectivity index (χ1v) is 22.0. The monoisotopic (exact) mass is 874 g/mol. The number of phenolic OH excluding ortho intramolecular Hbond substituents is 1. The van der Waals surface area contributed by atoms with Crippen molar-refractivity contribution in [1.29, 1.82) is 0 Å². The van der Waals surface area contributed by atoms with Crippen molar-refractivity contribution in [2.75, 3.05) is 0 Å². The second kappa shape index (κ2) is 26.9. The van der Waals surface area contributed by atoms with Crippen molar-refractivity contribution in [2.24, 2.45) is 17.6 Å². The van der Waals surface area contributed by atoms with E-state index in [4.69, 9.17) is 10.5 Å². The summed E-state index contributed by atoms with van der Waals surface area (Å²) in [5.41, 5.74) is 5.89. The zero-order valence-corrected chi connectivity index (χ0v) is 37.4. The molecule has 1 saturated heterocycles. The van der Waals surface area contributed by atoms with Crippen LogP contribution in [0, 0.1) is 11.8 Å². The van der Waals surface area contributed by atoms with Crippen LogP contribution in [-0.2, 0) is 49.5 Å². The van der Waals surface area contributed by atoms with Gasteiger partial charge in [-0.25, -0.2) is 4.79 Å². The van der Waals surface area contributed by atoms with Gasteiger partial charge >= 0.3 is 5.97 Å². The largest absolute Gasteiger partial charge is 0.508 e. The topological polar surface area (TPSA) is 284 Å². The highest BCUT2D eigenvalue weighted by Crippen LogP contribution is 2.22. The first kappa shape index (κ1) is 52.9. The molecule has 9 atom stereocenters. The van der Waals surface area contributed by atoms with E-state index in [1.165, 1.54) is 57.9 Å². The minimum atomic E-state index is -1.52. The van der Waals surface area contributed by atoms with Crippen LogP contribution in [0.2, 0.25) is 0 Å². The molecule has 0 unspecified atom stereocenters. The van der Waals surface area contributed by atoms with Crippen molar-refractivity contribution in [3.63, 3.8) is 0 Å². The van der Waals surface area contributed by atoms with Crippen LogP contribution in [0.3, 0.4) is 0 Å². The van der Waals surface area contributed by atoms with Crippen molar-refractivity contribution >= 4 is 47.3 Å². The number of amides is 7. The first-order chi connectivity index (χ1) is 29.2. The molecule has 18 nitrogen and oxygen atoms in total. The Balaban J connectivity index is 2.58. The Kier molecular flexibility index (Phi) is 23.0. The summed E-state index contributed by atoms with van der Waals surface area (Å²) in [6, 6.07) is -2.27. The van der Waals surface area contributed by atoms with Gasteiger partial charge < -0.3 is 52.6 Å². The maximum atomic E-state index is 14.2. The number of cyclic esters (lactones) is 1. The average Bonchev–Trinajstić information content (AvgIpc) is 3.20. The summed E-state index contributed by atoms with van der Waals surface area (Å²) in [6.07, 6.45) is 5.57. The van der Waals surface area contributed by atoms with Gasteiger partial charge in [-0.2, -0.15) is 0 Å². The minimum absolute atomic E-state index is 0.0409. The van der Waals surface area contributed by atoms with Crippen LogP contribution < -0.4 is 37.6 Å². The summed E-state index contributed by atoms with van der Waals surface area (Å²) < 4.78 is 6.04. The van der Waals surface area contributed by atoms with Gasteiger partial charge in [0.05, 0.1) is 12.5 Å². The molecule has 1 aromatic rings. The molecule has 0 aliphatic carbocycles. The lowest BCUT2D eigenvalue weighted by Gasteiger charge is -2.30. The van der Waals surface area contributed by atoms with E-state index in [1.807, 2.05) is 6.92 Å². The lowest BCUT2D eigenvalue weighted by atomic mass is 9.93. The number of ether oxygens (including phenoxy) is 1. The van der Waals surface area contributed by atoms with Gasteiger partial charge in [-0.1, -0.05) is 91.2 Å². The molecule has 0 aromatic heterocycles. The molecule has 1 heterocycles. The highest BCUT2D eigenvalue weighted by molar-refractivity contribution is 5.97. The van der Waals surface area contributed by atoms with E-state index in [0.29, 0.717) is 12.0 Å². The van der Waals surface area contributed by atoms with E-state index >= 15 is 0 Å². The number of carbonyl (C=O) groups excluding carboxylic acids is 8. The quantitative estimate of drug-likeness (QED) is 0.0802. The van der Waals surface area contributed by atoms with Crippen molar-refractivity contribution in [3.05, 3.63) is 29.8 Å². The number of aliphatic hydroxyl groups is 1. The maximum absolute atomic E-state index is 14.2. The Bertz CT molecular complexity index is 1660. The third-order valence-corrected chi connectivity index (χ3v) is 10.9. The van der Waals surface area contributed by atoms with Gasteiger partial charge in [0.25, 0.3) is 0 Å². The molecule has 1 aromatic carbocycles. The van der Waals surface area contributed by atoms with Crippen molar-refractivity contribution in [2.45, 2.75) is 180 Å². The predicted octanol–water partition coefficient (Wildman–Crippen LogP) is 1.67. The Morgan fingerprint density at radius 2 is 1.24 bits per heavy atom. The summed E-state index contributed by atoms with van der Waals surface area (Å²) >= 11 is 0. The molecule has 0 saturated carbocycles. The van der Waals surface area contributed by atoms with Crippen LogP contribution >= 0.6 is 0 Å². The number of phenols is 1. The number of nitrogens with two attached hydrogens (primary N) is 1. The van der Waals surface area contributed by atoms with Crippen LogP contribution in [0.25, 0.3) is 0 Å². The van der Waals surface area contributed by atoms with Gasteiger partial charge in [-0.05, 0) is 63.1 Å². The fourth-order valence-corrected chi connectivity index (χ4v) is 6.91. The van der Waals surface area contributed by atoms with Gasteiger partial charge in [-0.3, -0.25) is 33.6 Å². The number of nitrogens with one attached hydrogen (secondary N) is 6. The Hall–Kier alpha value is -5.26. The second-order valence-electron chi connectivity index (χ2n) is 16.9. The molecule has 0 bridgehead atoms. The molecule has 348 valence electrons. The Labute approximate surface area is 365 Å². The number of hydrogen-bond donors (Lipinski definition) is 9. The number of unbranched alkanes of at least 4 members (excludes halogenated alkanes) is 7. The number of aliphatic hydroxyl groups excluding tert-OH is 1. The summed E-state index contributed by atoms with van der Waals surface area (Å²) in [7, 11) is 0. The van der Waals surface area contributed by atoms with Crippen molar-refractivity contribution < 1.29 is 53.3 Å². The third kappa shape index (κ3) is 18.8. The van der Waals surface area contributed by atoms with Gasteiger partial charge in [-0.15, -0.1) is 0 Å². The fraction of sp³-hybridized carbons (Fsp3) is 0.682. The summed E-state index contributed by atoms with van der Waals surface area (Å²) in [5, 5.41) is 35.6. The van der Waals surface area contributed by atoms with Gasteiger partial charge in [0.1, 0.15) is 48.1 Å². The number of rotatable bonds is 17. The molecule has 1 aliphatic rings. The smallest absolute Gasteiger partial charge is 0.329 e. The van der Waals surface area contributed by atoms with Crippen LogP contribution in [0.4, 0.5) is 0 Å². The number of esters is 1. The molecule has 1 fully saturated rings. The average molecular weight is 874 g/mol. The molecule has 10 N–H and O–H groups in total. The molecule has 7 amide bonds. The minimum Gasteiger partial charge on any atom is -0.508 e. The number of hydrogen-bond acceptors (Lipinski definition) is 11. The normalized spacial score (nSPS) is 25.0. The number of primary amides is 1. The fourth-order valence-electron chi connectivity index (χ4n) is 6.91. The van der Waals surface area contributed by atoms with Gasteiger partial charge in [0, 0.05) is 12.8 Å². The van der Waals surface area contributed by atoms with E-state index < -0.39 is 108 Å². The van der Waals surface area contributed by atoms with E-state index in [1.54, 1.807) is 13.8 Å². The van der Waals surface area contributed by atoms with Gasteiger partial charge in [0.2, 0.25) is 41.4 Å². The van der Waals surface area contributed by atoms with E-state index in [-0.39, 0.29) is 30.9 Å². The predicted molar refractivity (Wildman–Crippen MR) is 231 cm³/mol. The molecular formula is C44H71N7O11. The van der Waals surface area contributed by atoms with Crippen molar-refractivity contribution in [1.82, 2.24) is 31.9 Å². The molecule has 1 aliphatic heterocycles. The zero-order chi connectivity index (χ0) is 46.5. The summed E-state index contributed by atoms with van der Waals surface area (Å²) in [6.45, 7) is 11.3. The first-order valence-electron chi connectivity index (χ1n) is 22.0. The standard InChI is InChI=1S/C44H71N7O11/c1-8-9-10-11-12-13-14-15-16-26(4)34-24-36(55)50-38(29(7)52)43(60)47-27(5)39(56)46-28(6)40(57)48-32(21-22-35(45)54)41(58)49-33(23-30-17-19-31(53)20-18-30)42(59)51-37(25(2)3)44(61)62-34/h17-20,25-29,32-34,37-38,52-53H,8-16,21-24H2,1-7H3,(H2,45,54)(H,46,56)(H,47,60)(H,48,57)(H,49,58)(H,50,55)(H,51,59)/t26-,27-,28+,29+,32-,33+,34-,37-,38+/m0/s1. The van der Waals surface area contributed by atoms with E-state index in [0.717, 1.165) is 38.5 Å². The van der Waals surface area contributed by atoms with Crippen LogP contribution in [0.15, 0.2) is 24.3 Å². The SMILES string of the molecule is CCCCCCCCCC[C@H](C)[C@@H]1CC(=O)N[C@H]([C@@H](C)O)C(=O)N[C@@H](C)C(=O)N[C@H](C)C(=O)N[C@@H](CCC(N)=O)C(=O)N[C@H](Cc2ccc(O)cc2)C(=O)N[C@@H](C(C)C)C(=O)O1. The molecule has 0 spiro atoms. The zero-order valence-electron chi connectivity index (χ0n) is 37.4. The maximum Gasteiger partial charge on any atom is 0.329 e. The molecule has 62 heavy (non-hydrogen) atoms. The van der Waals surface area contributed by atoms with Crippen LogP contribution in [0.1, 0.15) is 131 Å². The Morgan fingerprint density at radius 3 is 1.81 bits per heavy atom. The third-order valence-electron chi connectivity index (χ3n) is 10.9. The highest BCUT2D eigenvalue weighted by Gasteiger charge is 2.36.